The van der Waals surface area contributed by atoms with Gasteiger partial charge in [0, 0.05) is 24.8 Å². The number of nitrogens with zero attached hydrogens (tertiary/aromatic N) is 1. The van der Waals surface area contributed by atoms with Crippen molar-refractivity contribution in [3.8, 4) is 5.75 Å². The number of methoxy groups -OCH3 is 1. The number of carbonyl (C=O) groups is 1. The van der Waals surface area contributed by atoms with Crippen LogP contribution in [-0.2, 0) is 16.0 Å². The summed E-state index contributed by atoms with van der Waals surface area (Å²) in [5, 5.41) is 0. The molecule has 2 N–H and O–H groups in total. The molecular formula is C17H28Cl4N2O3. The Morgan fingerprint density at radius 1 is 1.19 bits per heavy atom. The fourth-order valence-corrected chi connectivity index (χ4v) is 2.73. The summed E-state index contributed by atoms with van der Waals surface area (Å²) in [5.41, 5.74) is 7.76. The molecule has 1 atom stereocenters. The lowest BCUT2D eigenvalue weighted by atomic mass is 10.0. The highest BCUT2D eigenvalue weighted by Gasteiger charge is 2.19. The number of esters is 1. The van der Waals surface area contributed by atoms with Gasteiger partial charge in [0.05, 0.1) is 18.9 Å². The molecule has 152 valence electrons. The van der Waals surface area contributed by atoms with E-state index in [9.17, 15) is 4.79 Å². The van der Waals surface area contributed by atoms with Gasteiger partial charge in [-0.1, -0.05) is 6.07 Å². The molecule has 0 fully saturated rings. The SMILES string of the molecule is COc1ccc(CC(N)C(=O)OC(C)C)cc1N(CCCl)CCCl.Cl.Cl. The van der Waals surface area contributed by atoms with Crippen LogP contribution in [0.2, 0.25) is 0 Å². The number of hydrogen-bond donors (Lipinski definition) is 1. The second-order valence-electron chi connectivity index (χ2n) is 5.67. The van der Waals surface area contributed by atoms with Gasteiger partial charge in [-0.05, 0) is 38.0 Å². The molecule has 0 saturated carbocycles. The van der Waals surface area contributed by atoms with E-state index < -0.39 is 12.0 Å². The van der Waals surface area contributed by atoms with Crippen molar-refractivity contribution in [1.82, 2.24) is 0 Å². The molecule has 0 bridgehead atoms. The van der Waals surface area contributed by atoms with Crippen LogP contribution in [0.15, 0.2) is 18.2 Å². The fourth-order valence-electron chi connectivity index (χ4n) is 2.32. The first kappa shape index (κ1) is 27.6. The van der Waals surface area contributed by atoms with E-state index in [0.717, 1.165) is 17.0 Å². The Bertz CT molecular complexity index is 527. The van der Waals surface area contributed by atoms with Crippen molar-refractivity contribution in [2.75, 3.05) is 36.9 Å². The molecule has 0 aliphatic carbocycles. The van der Waals surface area contributed by atoms with E-state index in [0.29, 0.717) is 31.3 Å². The standard InChI is InChI=1S/C17H26Cl2N2O3.2ClH/c1-12(2)24-17(22)14(20)10-13-4-5-16(23-3)15(11-13)21(8-6-18)9-7-19;;/h4-5,11-12,14H,6-10,20H2,1-3H3;2*1H. The molecule has 0 heterocycles. The topological polar surface area (TPSA) is 64.8 Å². The van der Waals surface area contributed by atoms with Gasteiger partial charge in [0.1, 0.15) is 11.8 Å². The maximum atomic E-state index is 11.9. The molecule has 5 nitrogen and oxygen atoms in total. The predicted octanol–water partition coefficient (Wildman–Crippen LogP) is 3.64. The maximum Gasteiger partial charge on any atom is 0.323 e. The van der Waals surface area contributed by atoms with E-state index >= 15 is 0 Å². The lowest BCUT2D eigenvalue weighted by Gasteiger charge is -2.25. The van der Waals surface area contributed by atoms with Gasteiger partial charge in [-0.2, -0.15) is 0 Å². The molecule has 1 aromatic carbocycles. The van der Waals surface area contributed by atoms with Crippen LogP contribution in [0.5, 0.6) is 5.75 Å². The van der Waals surface area contributed by atoms with Crippen molar-refractivity contribution in [2.45, 2.75) is 32.4 Å². The first-order valence-electron chi connectivity index (χ1n) is 7.92. The average Bonchev–Trinajstić information content (AvgIpc) is 2.54. The molecule has 0 amide bonds. The first-order chi connectivity index (χ1) is 11.4. The zero-order valence-electron chi connectivity index (χ0n) is 15.2. The number of nitrogens with two attached hydrogens (primary N) is 1. The summed E-state index contributed by atoms with van der Waals surface area (Å²) in [6.45, 7) is 4.89. The third kappa shape index (κ3) is 8.87. The molecule has 0 aliphatic rings. The molecule has 0 aliphatic heterocycles. The van der Waals surface area contributed by atoms with Crippen molar-refractivity contribution in [3.05, 3.63) is 23.8 Å². The molecule has 1 unspecified atom stereocenters. The van der Waals surface area contributed by atoms with Gasteiger partial charge in [0.2, 0.25) is 0 Å². The van der Waals surface area contributed by atoms with Crippen molar-refractivity contribution < 1.29 is 14.3 Å². The van der Waals surface area contributed by atoms with Gasteiger partial charge in [0.25, 0.3) is 0 Å². The van der Waals surface area contributed by atoms with Crippen molar-refractivity contribution in [3.63, 3.8) is 0 Å². The van der Waals surface area contributed by atoms with Gasteiger partial charge in [-0.25, -0.2) is 0 Å². The van der Waals surface area contributed by atoms with E-state index in [4.69, 9.17) is 38.4 Å². The predicted molar refractivity (Wildman–Crippen MR) is 114 cm³/mol. The van der Waals surface area contributed by atoms with E-state index in [1.54, 1.807) is 21.0 Å². The van der Waals surface area contributed by atoms with Crippen LogP contribution in [0.4, 0.5) is 5.69 Å². The minimum Gasteiger partial charge on any atom is -0.495 e. The third-order valence-corrected chi connectivity index (χ3v) is 3.74. The summed E-state index contributed by atoms with van der Waals surface area (Å²) in [7, 11) is 1.61. The zero-order valence-corrected chi connectivity index (χ0v) is 18.4. The van der Waals surface area contributed by atoms with Gasteiger partial charge >= 0.3 is 5.97 Å². The fraction of sp³-hybridized carbons (Fsp3) is 0.588. The van der Waals surface area contributed by atoms with Crippen molar-refractivity contribution in [1.29, 1.82) is 0 Å². The molecule has 26 heavy (non-hydrogen) atoms. The Labute approximate surface area is 178 Å². The van der Waals surface area contributed by atoms with Crippen molar-refractivity contribution in [2.24, 2.45) is 5.73 Å². The maximum absolute atomic E-state index is 11.9. The van der Waals surface area contributed by atoms with Gasteiger partial charge < -0.3 is 20.1 Å². The Morgan fingerprint density at radius 3 is 2.23 bits per heavy atom. The van der Waals surface area contributed by atoms with Crippen molar-refractivity contribution >= 4 is 59.7 Å². The number of alkyl halides is 2. The van der Waals surface area contributed by atoms with Gasteiger partial charge in [-0.15, -0.1) is 48.0 Å². The van der Waals surface area contributed by atoms with Crippen LogP contribution in [0.3, 0.4) is 0 Å². The molecule has 0 saturated heterocycles. The normalized spacial score (nSPS) is 11.2. The van der Waals surface area contributed by atoms with Crippen LogP contribution in [0, 0.1) is 0 Å². The van der Waals surface area contributed by atoms with Gasteiger partial charge in [-0.3, -0.25) is 4.79 Å². The Balaban J connectivity index is 0. The number of halogens is 4. The Hall–Kier alpha value is -0.590. The van der Waals surface area contributed by atoms with Crippen LogP contribution >= 0.6 is 48.0 Å². The molecule has 0 spiro atoms. The highest BCUT2D eigenvalue weighted by molar-refractivity contribution is 6.18. The van der Waals surface area contributed by atoms with E-state index in [1.807, 2.05) is 18.2 Å². The molecule has 1 rings (SSSR count). The molecule has 1 aromatic rings. The Kier molecular flexibility index (Phi) is 15.4. The number of rotatable bonds is 10. The summed E-state index contributed by atoms with van der Waals surface area (Å²) in [4.78, 5) is 13.9. The quantitative estimate of drug-likeness (QED) is 0.436. The number of anilines is 1. The highest BCUT2D eigenvalue weighted by atomic mass is 35.5. The summed E-state index contributed by atoms with van der Waals surface area (Å²) in [5.74, 6) is 1.28. The van der Waals surface area contributed by atoms with E-state index in [-0.39, 0.29) is 30.9 Å². The van der Waals surface area contributed by atoms with Crippen LogP contribution in [-0.4, -0.2) is 50.1 Å². The monoisotopic (exact) mass is 448 g/mol. The summed E-state index contributed by atoms with van der Waals surface area (Å²) >= 11 is 11.8. The number of hydrogen-bond acceptors (Lipinski definition) is 5. The minimum atomic E-state index is -0.705. The second kappa shape index (κ2) is 14.5. The third-order valence-electron chi connectivity index (χ3n) is 3.40. The van der Waals surface area contributed by atoms with Crippen LogP contribution in [0.25, 0.3) is 0 Å². The molecular weight excluding hydrogens is 422 g/mol. The molecule has 0 aromatic heterocycles. The minimum absolute atomic E-state index is 0. The van der Waals surface area contributed by atoms with Crippen LogP contribution in [0.1, 0.15) is 19.4 Å². The lowest BCUT2D eigenvalue weighted by Crippen LogP contribution is -2.35. The lowest BCUT2D eigenvalue weighted by molar-refractivity contribution is -0.148. The largest absolute Gasteiger partial charge is 0.495 e. The molecule has 0 radical (unpaired) electrons. The summed E-state index contributed by atoms with van der Waals surface area (Å²) in [6.07, 6.45) is 0.205. The molecule has 9 heteroatoms. The van der Waals surface area contributed by atoms with E-state index in [1.165, 1.54) is 0 Å². The number of benzene rings is 1. The average molecular weight is 450 g/mol. The number of ether oxygens (including phenoxy) is 2. The number of carbonyl (C=O) groups excluding carboxylic acids is 1. The summed E-state index contributed by atoms with van der Waals surface area (Å²) in [6, 6.07) is 5.01. The Morgan fingerprint density at radius 2 is 1.77 bits per heavy atom. The van der Waals surface area contributed by atoms with Crippen LogP contribution < -0.4 is 15.4 Å². The highest BCUT2D eigenvalue weighted by Crippen LogP contribution is 2.30. The smallest absolute Gasteiger partial charge is 0.323 e. The first-order valence-corrected chi connectivity index (χ1v) is 8.99. The van der Waals surface area contributed by atoms with E-state index in [2.05, 4.69) is 4.90 Å². The second-order valence-corrected chi connectivity index (χ2v) is 6.42. The summed E-state index contributed by atoms with van der Waals surface area (Å²) < 4.78 is 10.6. The zero-order chi connectivity index (χ0) is 18.1. The van der Waals surface area contributed by atoms with Gasteiger partial charge in [0.15, 0.2) is 0 Å².